The minimum Gasteiger partial charge on any atom is -0.310 e. The van der Waals surface area contributed by atoms with Crippen LogP contribution in [0.1, 0.15) is 29.8 Å². The van der Waals surface area contributed by atoms with E-state index in [4.69, 9.17) is 0 Å². The highest BCUT2D eigenvalue weighted by atomic mass is 15.1. The van der Waals surface area contributed by atoms with Gasteiger partial charge >= 0.3 is 0 Å². The number of benzene rings is 1. The van der Waals surface area contributed by atoms with Crippen molar-refractivity contribution in [2.24, 2.45) is 0 Å². The molecule has 1 N–H and O–H groups in total. The molecule has 1 aliphatic rings. The molecule has 1 aromatic carbocycles. The molecule has 1 saturated carbocycles. The third kappa shape index (κ3) is 2.31. The summed E-state index contributed by atoms with van der Waals surface area (Å²) in [5.41, 5.74) is 3.90. The third-order valence-electron chi connectivity index (χ3n) is 3.48. The first-order chi connectivity index (χ1) is 8.74. The molecule has 3 nitrogen and oxygen atoms in total. The van der Waals surface area contributed by atoms with Gasteiger partial charge in [0.1, 0.15) is 5.82 Å². The second-order valence-electron chi connectivity index (χ2n) is 5.13. The number of aromatic nitrogens is 2. The van der Waals surface area contributed by atoms with E-state index in [9.17, 15) is 0 Å². The molecule has 0 bridgehead atoms. The van der Waals surface area contributed by atoms with Crippen LogP contribution in [0.3, 0.4) is 0 Å². The first-order valence-corrected chi connectivity index (χ1v) is 6.57. The highest BCUT2D eigenvalue weighted by Crippen LogP contribution is 2.22. The lowest BCUT2D eigenvalue weighted by molar-refractivity contribution is 0.683. The average molecular weight is 241 g/mol. The van der Waals surface area contributed by atoms with Crippen LogP contribution < -0.4 is 5.32 Å². The van der Waals surface area contributed by atoms with Crippen molar-refractivity contribution in [3.8, 4) is 5.69 Å². The van der Waals surface area contributed by atoms with E-state index in [0.29, 0.717) is 0 Å². The molecule has 2 aromatic rings. The minimum atomic E-state index is 0.738. The van der Waals surface area contributed by atoms with Gasteiger partial charge in [0.2, 0.25) is 0 Å². The third-order valence-corrected chi connectivity index (χ3v) is 3.48. The highest BCUT2D eigenvalue weighted by molar-refractivity contribution is 5.44. The molecule has 3 rings (SSSR count). The SMILES string of the molecule is Cc1ccc(-n2ccnc2C)c(CNC2CC2)c1. The first kappa shape index (κ1) is 11.5. The maximum absolute atomic E-state index is 4.31. The molecule has 18 heavy (non-hydrogen) atoms. The zero-order valence-corrected chi connectivity index (χ0v) is 11.0. The molecule has 94 valence electrons. The predicted octanol–water partition coefficient (Wildman–Crippen LogP) is 2.74. The molecule has 1 fully saturated rings. The van der Waals surface area contributed by atoms with Crippen molar-refractivity contribution in [2.45, 2.75) is 39.3 Å². The summed E-state index contributed by atoms with van der Waals surface area (Å²) in [5.74, 6) is 1.03. The van der Waals surface area contributed by atoms with Gasteiger partial charge in [0.05, 0.1) is 5.69 Å². The lowest BCUT2D eigenvalue weighted by Gasteiger charge is -2.13. The number of nitrogens with one attached hydrogen (secondary N) is 1. The van der Waals surface area contributed by atoms with Crippen molar-refractivity contribution < 1.29 is 0 Å². The molecule has 3 heteroatoms. The Hall–Kier alpha value is -1.61. The van der Waals surface area contributed by atoms with E-state index in [1.54, 1.807) is 0 Å². The summed E-state index contributed by atoms with van der Waals surface area (Å²) in [6.45, 7) is 5.13. The Kier molecular flexibility index (Phi) is 2.92. The Morgan fingerprint density at radius 2 is 2.17 bits per heavy atom. The van der Waals surface area contributed by atoms with Gasteiger partial charge in [-0.25, -0.2) is 4.98 Å². The van der Waals surface area contributed by atoms with Crippen molar-refractivity contribution >= 4 is 0 Å². The Balaban J connectivity index is 1.94. The van der Waals surface area contributed by atoms with Gasteiger partial charge in [0.15, 0.2) is 0 Å². The normalized spacial score (nSPS) is 15.0. The summed E-state index contributed by atoms with van der Waals surface area (Å²) in [7, 11) is 0. The van der Waals surface area contributed by atoms with E-state index in [1.807, 2.05) is 19.3 Å². The molecule has 0 atom stereocenters. The molecule has 0 saturated heterocycles. The van der Waals surface area contributed by atoms with Crippen LogP contribution in [-0.4, -0.2) is 15.6 Å². The summed E-state index contributed by atoms with van der Waals surface area (Å²) in [5, 5.41) is 3.59. The molecule has 1 aliphatic carbocycles. The summed E-state index contributed by atoms with van der Waals surface area (Å²) < 4.78 is 2.16. The van der Waals surface area contributed by atoms with Crippen molar-refractivity contribution in [1.29, 1.82) is 0 Å². The zero-order valence-electron chi connectivity index (χ0n) is 11.0. The molecule has 0 unspecified atom stereocenters. The Morgan fingerprint density at radius 1 is 1.33 bits per heavy atom. The summed E-state index contributed by atoms with van der Waals surface area (Å²) in [4.78, 5) is 4.31. The minimum absolute atomic E-state index is 0.738. The number of rotatable bonds is 4. The number of nitrogens with zero attached hydrogens (tertiary/aromatic N) is 2. The smallest absolute Gasteiger partial charge is 0.110 e. The maximum atomic E-state index is 4.31. The number of hydrogen-bond donors (Lipinski definition) is 1. The molecule has 0 spiro atoms. The Morgan fingerprint density at radius 3 is 2.83 bits per heavy atom. The van der Waals surface area contributed by atoms with Crippen molar-refractivity contribution in [3.05, 3.63) is 47.5 Å². The van der Waals surface area contributed by atoms with Crippen LogP contribution in [0.5, 0.6) is 0 Å². The predicted molar refractivity (Wildman–Crippen MR) is 72.9 cm³/mol. The number of hydrogen-bond acceptors (Lipinski definition) is 2. The fourth-order valence-electron chi connectivity index (χ4n) is 2.27. The molecule has 1 heterocycles. The van der Waals surface area contributed by atoms with Gasteiger partial charge < -0.3 is 9.88 Å². The Bertz CT molecular complexity index is 553. The second kappa shape index (κ2) is 4.58. The fourth-order valence-corrected chi connectivity index (χ4v) is 2.27. The van der Waals surface area contributed by atoms with Crippen LogP contribution >= 0.6 is 0 Å². The van der Waals surface area contributed by atoms with Gasteiger partial charge in [-0.3, -0.25) is 0 Å². The van der Waals surface area contributed by atoms with Gasteiger partial charge in [-0.2, -0.15) is 0 Å². The van der Waals surface area contributed by atoms with E-state index in [2.05, 4.69) is 40.0 Å². The van der Waals surface area contributed by atoms with E-state index in [-0.39, 0.29) is 0 Å². The largest absolute Gasteiger partial charge is 0.310 e. The topological polar surface area (TPSA) is 29.9 Å². The lowest BCUT2D eigenvalue weighted by Crippen LogP contribution is -2.17. The van der Waals surface area contributed by atoms with Crippen molar-refractivity contribution in [3.63, 3.8) is 0 Å². The number of imidazole rings is 1. The van der Waals surface area contributed by atoms with Crippen LogP contribution in [-0.2, 0) is 6.54 Å². The molecular weight excluding hydrogens is 222 g/mol. The molecule has 1 aromatic heterocycles. The summed E-state index contributed by atoms with van der Waals surface area (Å²) in [6, 6.07) is 7.36. The molecule has 0 amide bonds. The van der Waals surface area contributed by atoms with E-state index >= 15 is 0 Å². The van der Waals surface area contributed by atoms with Gasteiger partial charge in [-0.05, 0) is 38.3 Å². The van der Waals surface area contributed by atoms with Crippen LogP contribution in [0.25, 0.3) is 5.69 Å². The zero-order chi connectivity index (χ0) is 12.5. The van der Waals surface area contributed by atoms with Gasteiger partial charge in [-0.15, -0.1) is 0 Å². The Labute approximate surface area is 108 Å². The van der Waals surface area contributed by atoms with Crippen LogP contribution in [0.2, 0.25) is 0 Å². The standard InChI is InChI=1S/C15H19N3/c1-11-3-6-15(18-8-7-16-12(18)2)13(9-11)10-17-14-4-5-14/h3,6-9,14,17H,4-5,10H2,1-2H3. The quantitative estimate of drug-likeness (QED) is 0.892. The molecule has 0 aliphatic heterocycles. The van der Waals surface area contributed by atoms with Crippen LogP contribution in [0.15, 0.2) is 30.6 Å². The van der Waals surface area contributed by atoms with Gasteiger partial charge in [0, 0.05) is 25.0 Å². The molecule has 0 radical (unpaired) electrons. The van der Waals surface area contributed by atoms with Gasteiger partial charge in [-0.1, -0.05) is 17.7 Å². The molecular formula is C15H19N3. The monoisotopic (exact) mass is 241 g/mol. The van der Waals surface area contributed by atoms with E-state index < -0.39 is 0 Å². The first-order valence-electron chi connectivity index (χ1n) is 6.57. The average Bonchev–Trinajstić information content (AvgIpc) is 3.09. The maximum Gasteiger partial charge on any atom is 0.110 e. The highest BCUT2D eigenvalue weighted by Gasteiger charge is 2.20. The van der Waals surface area contributed by atoms with Gasteiger partial charge in [0.25, 0.3) is 0 Å². The summed E-state index contributed by atoms with van der Waals surface area (Å²) in [6.07, 6.45) is 6.53. The lowest BCUT2D eigenvalue weighted by atomic mass is 10.1. The fraction of sp³-hybridized carbons (Fsp3) is 0.400. The van der Waals surface area contributed by atoms with E-state index in [0.717, 1.165) is 18.4 Å². The van der Waals surface area contributed by atoms with Crippen LogP contribution in [0, 0.1) is 13.8 Å². The van der Waals surface area contributed by atoms with Crippen LogP contribution in [0.4, 0.5) is 0 Å². The van der Waals surface area contributed by atoms with E-state index in [1.165, 1.54) is 29.7 Å². The van der Waals surface area contributed by atoms with Crippen molar-refractivity contribution in [2.75, 3.05) is 0 Å². The number of aryl methyl sites for hydroxylation is 2. The summed E-state index contributed by atoms with van der Waals surface area (Å²) >= 11 is 0. The van der Waals surface area contributed by atoms with Crippen molar-refractivity contribution in [1.82, 2.24) is 14.9 Å². The second-order valence-corrected chi connectivity index (χ2v) is 5.13.